The third-order valence-corrected chi connectivity index (χ3v) is 8.39. The van der Waals surface area contributed by atoms with Gasteiger partial charge in [-0.15, -0.1) is 0 Å². The van der Waals surface area contributed by atoms with Crippen molar-refractivity contribution in [2.75, 3.05) is 26.7 Å². The van der Waals surface area contributed by atoms with Gasteiger partial charge in [-0.2, -0.15) is 4.99 Å². The van der Waals surface area contributed by atoms with E-state index in [-0.39, 0.29) is 5.41 Å². The number of hydrogen-bond donors (Lipinski definition) is 1. The monoisotopic (exact) mass is 486 g/mol. The van der Waals surface area contributed by atoms with Gasteiger partial charge in [-0.3, -0.25) is 0 Å². The molecule has 0 spiro atoms. The summed E-state index contributed by atoms with van der Waals surface area (Å²) in [5.41, 5.74) is 5.34. The van der Waals surface area contributed by atoms with Gasteiger partial charge in [0, 0.05) is 22.3 Å². The van der Waals surface area contributed by atoms with Crippen LogP contribution in [0.15, 0.2) is 70.7 Å². The summed E-state index contributed by atoms with van der Waals surface area (Å²) >= 11 is 0. The van der Waals surface area contributed by atoms with Gasteiger partial charge in [0.2, 0.25) is 5.84 Å². The van der Waals surface area contributed by atoms with Gasteiger partial charge in [-0.25, -0.2) is 4.48 Å². The lowest BCUT2D eigenvalue weighted by Gasteiger charge is -2.36. The predicted molar refractivity (Wildman–Crippen MR) is 153 cm³/mol. The molecule has 0 aliphatic carbocycles. The molecule has 36 heavy (non-hydrogen) atoms. The van der Waals surface area contributed by atoms with E-state index in [1.165, 1.54) is 45.8 Å². The number of aliphatic imine (C=N–C) groups is 1. The van der Waals surface area contributed by atoms with Crippen LogP contribution in [0.3, 0.4) is 0 Å². The van der Waals surface area contributed by atoms with Crippen molar-refractivity contribution in [2.24, 2.45) is 10.4 Å². The molecule has 0 amide bonds. The second-order valence-corrected chi connectivity index (χ2v) is 10.7. The highest BCUT2D eigenvalue weighted by atomic mass is 16.5. The van der Waals surface area contributed by atoms with Crippen LogP contribution in [0.4, 0.5) is 0 Å². The zero-order valence-corrected chi connectivity index (χ0v) is 23.2. The summed E-state index contributed by atoms with van der Waals surface area (Å²) in [5.74, 6) is 2.11. The third-order valence-electron chi connectivity index (χ3n) is 8.39. The van der Waals surface area contributed by atoms with Gasteiger partial charge in [0.25, 0.3) is 0 Å². The van der Waals surface area contributed by atoms with E-state index in [4.69, 9.17) is 9.73 Å². The Morgan fingerprint density at radius 2 is 1.92 bits per heavy atom. The summed E-state index contributed by atoms with van der Waals surface area (Å²) in [6.07, 6.45) is 18.5. The smallest absolute Gasteiger partial charge is 0.237 e. The Morgan fingerprint density at radius 3 is 2.61 bits per heavy atom. The Labute approximate surface area is 217 Å². The molecule has 4 rings (SSSR count). The molecule has 1 aromatic carbocycles. The Balaban J connectivity index is 1.71. The van der Waals surface area contributed by atoms with Gasteiger partial charge < -0.3 is 10.1 Å². The van der Waals surface area contributed by atoms with E-state index in [1.807, 2.05) is 0 Å². The minimum absolute atomic E-state index is 0.275. The highest BCUT2D eigenvalue weighted by Crippen LogP contribution is 2.37. The molecular weight excluding hydrogens is 442 g/mol. The van der Waals surface area contributed by atoms with Crippen molar-refractivity contribution in [1.29, 1.82) is 0 Å². The Hall–Kier alpha value is -2.69. The number of piperidine rings is 1. The molecule has 0 aromatic heterocycles. The van der Waals surface area contributed by atoms with Gasteiger partial charge in [-0.05, 0) is 82.5 Å². The first kappa shape index (κ1) is 26.4. The largest absolute Gasteiger partial charge is 0.492 e. The molecule has 4 heteroatoms. The van der Waals surface area contributed by atoms with Gasteiger partial charge in [0.05, 0.1) is 13.7 Å². The van der Waals surface area contributed by atoms with E-state index in [0.717, 1.165) is 50.5 Å². The minimum Gasteiger partial charge on any atom is -0.492 e. The molecule has 1 N–H and O–H groups in total. The van der Waals surface area contributed by atoms with Gasteiger partial charge in [0.1, 0.15) is 17.6 Å². The number of ether oxygens (including phenoxy) is 1. The van der Waals surface area contributed by atoms with Gasteiger partial charge >= 0.3 is 0 Å². The highest BCUT2D eigenvalue weighted by molar-refractivity contribution is 5.92. The number of quaternary nitrogens is 1. The maximum absolute atomic E-state index is 6.63. The average Bonchev–Trinajstić information content (AvgIpc) is 3.22. The van der Waals surface area contributed by atoms with Crippen molar-refractivity contribution in [3.63, 3.8) is 0 Å². The van der Waals surface area contributed by atoms with E-state index < -0.39 is 0 Å². The van der Waals surface area contributed by atoms with Gasteiger partial charge in [0.15, 0.2) is 5.70 Å². The van der Waals surface area contributed by atoms with E-state index in [1.54, 1.807) is 0 Å². The second kappa shape index (κ2) is 11.1. The number of benzene rings is 1. The summed E-state index contributed by atoms with van der Waals surface area (Å²) in [5, 5.41) is 5.97. The first-order valence-electron chi connectivity index (χ1n) is 13.7. The van der Waals surface area contributed by atoms with Crippen molar-refractivity contribution < 1.29 is 9.22 Å². The van der Waals surface area contributed by atoms with Crippen molar-refractivity contribution >= 4 is 17.5 Å². The van der Waals surface area contributed by atoms with Crippen LogP contribution in [-0.2, 0) is 0 Å². The summed E-state index contributed by atoms with van der Waals surface area (Å²) in [6.45, 7) is 14.2. The number of rotatable bonds is 8. The molecule has 1 saturated heterocycles. The minimum atomic E-state index is 0.275. The molecule has 0 bridgehead atoms. The van der Waals surface area contributed by atoms with E-state index in [2.05, 4.69) is 102 Å². The van der Waals surface area contributed by atoms with Crippen molar-refractivity contribution in [3.8, 4) is 5.75 Å². The molecule has 3 heterocycles. The van der Waals surface area contributed by atoms with Crippen LogP contribution in [0.2, 0.25) is 0 Å². The first-order valence-corrected chi connectivity index (χ1v) is 13.7. The normalized spacial score (nSPS) is 24.7. The molecule has 1 aromatic rings. The average molecular weight is 487 g/mol. The fourth-order valence-electron chi connectivity index (χ4n) is 5.75. The van der Waals surface area contributed by atoms with Crippen molar-refractivity contribution in [3.05, 3.63) is 76.1 Å². The van der Waals surface area contributed by atoms with Crippen molar-refractivity contribution in [1.82, 2.24) is 5.32 Å². The standard InChI is InChI=1S/C32H44N3O/c1-7-24(4)30-26(13-12-14-28(30)36-23-32(9-3)18-20-33-21-19-32)17-16-25(5)31-27(8-2)34-29-15-10-11-22-35(29,31)6/h10-17,22,33H,7-9,18-21,23H2,1-6H3/q+1. The Morgan fingerprint density at radius 1 is 1.14 bits per heavy atom. The number of allylic oxidation sites excluding steroid dienone is 5. The summed E-state index contributed by atoms with van der Waals surface area (Å²) in [6, 6.07) is 6.51. The molecule has 4 nitrogen and oxygen atoms in total. The molecule has 192 valence electrons. The van der Waals surface area contributed by atoms with Crippen LogP contribution in [-0.4, -0.2) is 37.1 Å². The number of hydrogen-bond acceptors (Lipinski definition) is 3. The van der Waals surface area contributed by atoms with E-state index in [0.29, 0.717) is 4.48 Å². The predicted octanol–water partition coefficient (Wildman–Crippen LogP) is 5.72. The van der Waals surface area contributed by atoms with Crippen LogP contribution in [0.5, 0.6) is 5.75 Å². The lowest BCUT2D eigenvalue weighted by Crippen LogP contribution is -2.41. The maximum Gasteiger partial charge on any atom is 0.237 e. The van der Waals surface area contributed by atoms with Crippen LogP contribution >= 0.6 is 0 Å². The lowest BCUT2D eigenvalue weighted by atomic mass is 9.77. The molecule has 1 atom stereocenters. The number of nitrogens with zero attached hydrogens (tertiary/aromatic N) is 2. The molecule has 1 unspecified atom stereocenters. The molecular formula is C32H44N3O+. The number of amidine groups is 1. The third kappa shape index (κ3) is 5.07. The summed E-state index contributed by atoms with van der Waals surface area (Å²) < 4.78 is 7.26. The first-order chi connectivity index (χ1) is 17.4. The van der Waals surface area contributed by atoms with Crippen LogP contribution < -0.4 is 20.5 Å². The maximum atomic E-state index is 6.63. The lowest BCUT2D eigenvalue weighted by molar-refractivity contribution is -0.717. The molecule has 1 fully saturated rings. The fraction of sp³-hybridized carbons (Fsp3) is 0.469. The number of nitrogens with one attached hydrogen (secondary N) is 1. The number of fused-ring (bicyclic) bond motifs is 1. The van der Waals surface area contributed by atoms with Crippen LogP contribution in [0, 0.1) is 5.41 Å². The molecule has 0 radical (unpaired) electrons. The SMILES string of the molecule is CCC1=C(C(C)=CC=c2cccc(OCC3(CC)CCNCC3)c2=C(C)CC)[N+]2(C)C=CC=CC2=N1. The van der Waals surface area contributed by atoms with Crippen LogP contribution in [0.25, 0.3) is 11.6 Å². The topological polar surface area (TPSA) is 33.6 Å². The fourth-order valence-corrected chi connectivity index (χ4v) is 5.75. The van der Waals surface area contributed by atoms with Crippen molar-refractivity contribution in [2.45, 2.75) is 66.7 Å². The highest BCUT2D eigenvalue weighted by Gasteiger charge is 2.40. The van der Waals surface area contributed by atoms with Crippen LogP contribution in [0.1, 0.15) is 66.7 Å². The van der Waals surface area contributed by atoms with Gasteiger partial charge in [-0.1, -0.05) is 50.6 Å². The second-order valence-electron chi connectivity index (χ2n) is 10.7. The molecule has 3 aliphatic heterocycles. The zero-order chi connectivity index (χ0) is 25.8. The Kier molecular flexibility index (Phi) is 8.17. The van der Waals surface area contributed by atoms with E-state index >= 15 is 0 Å². The van der Waals surface area contributed by atoms with E-state index in [9.17, 15) is 0 Å². The number of likely N-dealkylation sites (N-methyl/N-ethyl adjacent to an activating group) is 1. The zero-order valence-electron chi connectivity index (χ0n) is 23.2. The quantitative estimate of drug-likeness (QED) is 0.477. The molecule has 3 aliphatic rings. The Bertz CT molecular complexity index is 1250. The summed E-state index contributed by atoms with van der Waals surface area (Å²) in [4.78, 5) is 4.96. The summed E-state index contributed by atoms with van der Waals surface area (Å²) in [7, 11) is 2.23. The molecule has 0 saturated carbocycles.